The molecule has 1 amide bonds. The minimum atomic E-state index is -0.104. The number of carbonyl (C=O) groups excluding carboxylic acids is 1. The van der Waals surface area contributed by atoms with E-state index in [9.17, 15) is 4.79 Å². The normalized spacial score (nSPS) is 10.2. The van der Waals surface area contributed by atoms with Crippen molar-refractivity contribution in [3.63, 3.8) is 0 Å². The predicted molar refractivity (Wildman–Crippen MR) is 53.5 cm³/mol. The molecule has 0 fully saturated rings. The Kier molecular flexibility index (Phi) is 3.32. The highest BCUT2D eigenvalue weighted by atomic mass is 35.5. The molecule has 69 valence electrons. The van der Waals surface area contributed by atoms with Gasteiger partial charge in [-0.2, -0.15) is 0 Å². The molecule has 0 aromatic heterocycles. The Balaban J connectivity index is 2.95. The van der Waals surface area contributed by atoms with Gasteiger partial charge in [-0.05, 0) is 18.6 Å². The van der Waals surface area contributed by atoms with Gasteiger partial charge in [0, 0.05) is 12.1 Å². The van der Waals surface area contributed by atoms with Crippen molar-refractivity contribution < 1.29 is 4.79 Å². The second kappa shape index (κ2) is 4.28. The molecular weight excluding hydrogens is 186 g/mol. The molecule has 1 N–H and O–H groups in total. The third kappa shape index (κ3) is 2.22. The summed E-state index contributed by atoms with van der Waals surface area (Å²) in [5.41, 5.74) is 0.781. The van der Waals surface area contributed by atoms with Gasteiger partial charge in [-0.25, -0.2) is 0 Å². The first-order valence-electron chi connectivity index (χ1n) is 3.97. The maximum absolute atomic E-state index is 11.3. The number of hydrogen-bond acceptors (Lipinski definition) is 1. The van der Waals surface area contributed by atoms with E-state index in [0.29, 0.717) is 10.9 Å². The lowest BCUT2D eigenvalue weighted by Gasteiger charge is -2.10. The number of hydrogen-bond donors (Lipinski definition) is 1. The summed E-state index contributed by atoms with van der Waals surface area (Å²) in [6.07, 6.45) is 0. The summed E-state index contributed by atoms with van der Waals surface area (Å²) in [6.45, 7) is 1.75. The van der Waals surface area contributed by atoms with E-state index in [1.807, 2.05) is 18.2 Å². The van der Waals surface area contributed by atoms with E-state index in [1.165, 1.54) is 0 Å². The van der Waals surface area contributed by atoms with E-state index in [4.69, 9.17) is 11.6 Å². The molecule has 1 aromatic carbocycles. The van der Waals surface area contributed by atoms with Crippen LogP contribution in [0.25, 0.3) is 0 Å². The summed E-state index contributed by atoms with van der Waals surface area (Å²) in [5.74, 6) is 0.529. The van der Waals surface area contributed by atoms with Crippen molar-refractivity contribution in [3.8, 4) is 0 Å². The zero-order valence-corrected chi connectivity index (χ0v) is 8.35. The van der Waals surface area contributed by atoms with E-state index in [-0.39, 0.29) is 5.91 Å². The van der Waals surface area contributed by atoms with Gasteiger partial charge < -0.3 is 5.32 Å². The third-order valence-electron chi connectivity index (χ3n) is 1.85. The molecule has 0 saturated carbocycles. The minimum absolute atomic E-state index is 0.104. The second-order valence-electron chi connectivity index (χ2n) is 2.68. The lowest BCUT2D eigenvalue weighted by Crippen LogP contribution is -2.24. The van der Waals surface area contributed by atoms with Crippen molar-refractivity contribution in [2.24, 2.45) is 0 Å². The molecule has 0 heterocycles. The number of likely N-dealkylation sites (N-methyl/N-ethyl adjacent to an activating group) is 1. The topological polar surface area (TPSA) is 29.1 Å². The highest BCUT2D eigenvalue weighted by Gasteiger charge is 2.16. The summed E-state index contributed by atoms with van der Waals surface area (Å²) in [6, 6.07) is 7.28. The Hall–Kier alpha value is -1.02. The van der Waals surface area contributed by atoms with Gasteiger partial charge in [0.2, 0.25) is 5.91 Å². The number of halogens is 1. The van der Waals surface area contributed by atoms with Gasteiger partial charge in [-0.3, -0.25) is 4.79 Å². The molecule has 0 spiro atoms. The summed E-state index contributed by atoms with van der Waals surface area (Å²) in [4.78, 5) is 11.3. The van der Waals surface area contributed by atoms with Crippen LogP contribution in [-0.2, 0) is 4.79 Å². The van der Waals surface area contributed by atoms with E-state index in [0.717, 1.165) is 5.56 Å². The van der Waals surface area contributed by atoms with Gasteiger partial charge in [0.25, 0.3) is 0 Å². The number of benzene rings is 1. The Morgan fingerprint density at radius 2 is 2.00 bits per heavy atom. The molecule has 0 atom stereocenters. The van der Waals surface area contributed by atoms with Crippen LogP contribution >= 0.6 is 11.6 Å². The van der Waals surface area contributed by atoms with Crippen LogP contribution in [0.15, 0.2) is 24.3 Å². The van der Waals surface area contributed by atoms with Crippen molar-refractivity contribution in [1.29, 1.82) is 0 Å². The predicted octanol–water partition coefficient (Wildman–Crippen LogP) is 2.03. The fourth-order valence-electron chi connectivity index (χ4n) is 1.08. The quantitative estimate of drug-likeness (QED) is 0.771. The molecule has 1 aromatic rings. The van der Waals surface area contributed by atoms with E-state index >= 15 is 0 Å². The van der Waals surface area contributed by atoms with Gasteiger partial charge >= 0.3 is 0 Å². The zero-order chi connectivity index (χ0) is 9.84. The summed E-state index contributed by atoms with van der Waals surface area (Å²) in [5, 5.41) is 3.16. The van der Waals surface area contributed by atoms with Crippen LogP contribution in [0.2, 0.25) is 5.02 Å². The highest BCUT2D eigenvalue weighted by molar-refractivity contribution is 6.32. The SMILES string of the molecule is CNC(=O)[C](C)c1ccccc1Cl. The molecule has 0 aliphatic rings. The fourth-order valence-corrected chi connectivity index (χ4v) is 1.35. The first kappa shape index (κ1) is 10.1. The Morgan fingerprint density at radius 3 is 2.54 bits per heavy atom. The monoisotopic (exact) mass is 196 g/mol. The van der Waals surface area contributed by atoms with Gasteiger partial charge in [-0.15, -0.1) is 0 Å². The molecule has 3 heteroatoms. The van der Waals surface area contributed by atoms with E-state index in [1.54, 1.807) is 20.0 Å². The summed E-state index contributed by atoms with van der Waals surface area (Å²) in [7, 11) is 1.60. The number of nitrogens with one attached hydrogen (secondary N) is 1. The lowest BCUT2D eigenvalue weighted by atomic mass is 10.0. The molecule has 0 unspecified atom stereocenters. The maximum Gasteiger partial charge on any atom is 0.231 e. The molecular formula is C10H11ClNO. The van der Waals surface area contributed by atoms with E-state index in [2.05, 4.69) is 5.32 Å². The standard InChI is InChI=1S/C10H11ClNO/c1-7(10(13)12-2)8-5-3-4-6-9(8)11/h3-6H,1-2H3,(H,12,13). The average molecular weight is 197 g/mol. The van der Waals surface area contributed by atoms with Gasteiger partial charge in [0.1, 0.15) is 0 Å². The van der Waals surface area contributed by atoms with Gasteiger partial charge in [0.05, 0.1) is 5.92 Å². The molecule has 0 aliphatic carbocycles. The average Bonchev–Trinajstić information content (AvgIpc) is 2.16. The molecule has 1 rings (SSSR count). The first-order chi connectivity index (χ1) is 6.16. The van der Waals surface area contributed by atoms with Crippen LogP contribution in [0.4, 0.5) is 0 Å². The van der Waals surface area contributed by atoms with Crippen LogP contribution in [0.1, 0.15) is 12.5 Å². The molecule has 1 radical (unpaired) electrons. The van der Waals surface area contributed by atoms with Crippen LogP contribution in [0, 0.1) is 5.92 Å². The Bertz CT molecular complexity index is 312. The van der Waals surface area contributed by atoms with Crippen molar-refractivity contribution in [3.05, 3.63) is 40.8 Å². The molecule has 2 nitrogen and oxygen atoms in total. The molecule has 13 heavy (non-hydrogen) atoms. The minimum Gasteiger partial charge on any atom is -0.358 e. The highest BCUT2D eigenvalue weighted by Crippen LogP contribution is 2.22. The summed E-state index contributed by atoms with van der Waals surface area (Å²) < 4.78 is 0. The summed E-state index contributed by atoms with van der Waals surface area (Å²) >= 11 is 5.92. The first-order valence-corrected chi connectivity index (χ1v) is 4.35. The molecule has 0 bridgehead atoms. The van der Waals surface area contributed by atoms with Crippen LogP contribution < -0.4 is 5.32 Å². The smallest absolute Gasteiger partial charge is 0.231 e. The fraction of sp³-hybridized carbons (Fsp3) is 0.200. The number of carbonyl (C=O) groups is 1. The lowest BCUT2D eigenvalue weighted by molar-refractivity contribution is -0.118. The van der Waals surface area contributed by atoms with Gasteiger partial charge in [-0.1, -0.05) is 29.8 Å². The Labute approximate surface area is 82.9 Å². The number of rotatable bonds is 2. The van der Waals surface area contributed by atoms with Crippen molar-refractivity contribution in [2.45, 2.75) is 6.92 Å². The largest absolute Gasteiger partial charge is 0.358 e. The maximum atomic E-state index is 11.3. The van der Waals surface area contributed by atoms with Gasteiger partial charge in [0.15, 0.2) is 0 Å². The van der Waals surface area contributed by atoms with Crippen LogP contribution in [-0.4, -0.2) is 13.0 Å². The Morgan fingerprint density at radius 1 is 1.38 bits per heavy atom. The molecule has 0 saturated heterocycles. The molecule has 0 aliphatic heterocycles. The van der Waals surface area contributed by atoms with Crippen molar-refractivity contribution in [1.82, 2.24) is 5.32 Å². The second-order valence-corrected chi connectivity index (χ2v) is 3.09. The van der Waals surface area contributed by atoms with Crippen LogP contribution in [0.3, 0.4) is 0 Å². The third-order valence-corrected chi connectivity index (χ3v) is 2.18. The van der Waals surface area contributed by atoms with Crippen molar-refractivity contribution in [2.75, 3.05) is 7.05 Å². The van der Waals surface area contributed by atoms with Crippen LogP contribution in [0.5, 0.6) is 0 Å². The number of amides is 1. The van der Waals surface area contributed by atoms with Crippen molar-refractivity contribution >= 4 is 17.5 Å². The zero-order valence-electron chi connectivity index (χ0n) is 7.60. The van der Waals surface area contributed by atoms with E-state index < -0.39 is 0 Å².